The number of pyridine rings is 1. The van der Waals surface area contributed by atoms with Crippen LogP contribution in [0.4, 0.5) is 10.8 Å². The number of hydrogen-bond donors (Lipinski definition) is 0. The highest BCUT2D eigenvalue weighted by molar-refractivity contribution is 7.22. The van der Waals surface area contributed by atoms with Gasteiger partial charge < -0.3 is 9.64 Å². The molecule has 2 aromatic carbocycles. The minimum absolute atomic E-state index is 0.0988. The summed E-state index contributed by atoms with van der Waals surface area (Å²) in [5, 5.41) is 0.647. The zero-order chi connectivity index (χ0) is 21.8. The van der Waals surface area contributed by atoms with E-state index in [1.807, 2.05) is 80.5 Å². The van der Waals surface area contributed by atoms with Crippen LogP contribution in [0.25, 0.3) is 10.2 Å². The minimum atomic E-state index is -0.0988. The van der Waals surface area contributed by atoms with Crippen molar-refractivity contribution in [3.63, 3.8) is 0 Å². The molecule has 0 bridgehead atoms. The highest BCUT2D eigenvalue weighted by Gasteiger charge is 2.22. The molecular formula is C24H24N4O2S. The standard InChI is InChI=1S/C24H24N4O2S/c1-4-30-20-11-12-21-22(14-20)31-24(26-21)28(16-17-6-5-13-25-15-17)23(29)18-7-9-19(10-8-18)27(2)3/h5-15H,4,16H2,1-3H3. The third-order valence-corrected chi connectivity index (χ3v) is 5.87. The average molecular weight is 433 g/mol. The number of rotatable bonds is 7. The van der Waals surface area contributed by atoms with Gasteiger partial charge in [-0.15, -0.1) is 0 Å². The SMILES string of the molecule is CCOc1ccc2nc(N(Cc3cccnc3)C(=O)c3ccc(N(C)C)cc3)sc2c1. The molecular weight excluding hydrogens is 408 g/mol. The molecule has 0 unspecified atom stereocenters. The zero-order valence-corrected chi connectivity index (χ0v) is 18.6. The van der Waals surface area contributed by atoms with E-state index in [-0.39, 0.29) is 5.91 Å². The molecule has 0 atom stereocenters. The molecule has 158 valence electrons. The van der Waals surface area contributed by atoms with Crippen LogP contribution in [0.1, 0.15) is 22.8 Å². The van der Waals surface area contributed by atoms with Crippen LogP contribution in [0.15, 0.2) is 67.0 Å². The van der Waals surface area contributed by atoms with Crippen LogP contribution in [-0.4, -0.2) is 36.6 Å². The van der Waals surface area contributed by atoms with Crippen LogP contribution in [0.2, 0.25) is 0 Å². The summed E-state index contributed by atoms with van der Waals surface area (Å²) in [6.07, 6.45) is 3.50. The maximum Gasteiger partial charge on any atom is 0.260 e. The quantitative estimate of drug-likeness (QED) is 0.411. The number of carbonyl (C=O) groups excluding carboxylic acids is 1. The normalized spacial score (nSPS) is 10.8. The zero-order valence-electron chi connectivity index (χ0n) is 17.8. The Hall–Kier alpha value is -3.45. The van der Waals surface area contributed by atoms with Crippen LogP contribution >= 0.6 is 11.3 Å². The molecule has 0 aliphatic carbocycles. The third-order valence-electron chi connectivity index (χ3n) is 4.83. The van der Waals surface area contributed by atoms with Gasteiger partial charge in [-0.3, -0.25) is 14.7 Å². The Bertz CT molecular complexity index is 1170. The molecule has 6 nitrogen and oxygen atoms in total. The number of benzene rings is 2. The predicted octanol–water partition coefficient (Wildman–Crippen LogP) is 5.00. The molecule has 2 aromatic heterocycles. The van der Waals surface area contributed by atoms with E-state index in [0.29, 0.717) is 23.8 Å². The second-order valence-electron chi connectivity index (χ2n) is 7.25. The van der Waals surface area contributed by atoms with Crippen molar-refractivity contribution in [2.75, 3.05) is 30.5 Å². The van der Waals surface area contributed by atoms with E-state index in [2.05, 4.69) is 4.98 Å². The van der Waals surface area contributed by atoms with Crippen molar-refractivity contribution in [1.29, 1.82) is 0 Å². The lowest BCUT2D eigenvalue weighted by atomic mass is 10.1. The van der Waals surface area contributed by atoms with Gasteiger partial charge in [-0.2, -0.15) is 0 Å². The van der Waals surface area contributed by atoms with E-state index >= 15 is 0 Å². The van der Waals surface area contributed by atoms with E-state index < -0.39 is 0 Å². The summed E-state index contributed by atoms with van der Waals surface area (Å²) in [6.45, 7) is 2.95. The number of carbonyl (C=O) groups is 1. The van der Waals surface area contributed by atoms with Gasteiger partial charge in [0.15, 0.2) is 5.13 Å². The van der Waals surface area contributed by atoms with Gasteiger partial charge in [0.2, 0.25) is 0 Å². The fraction of sp³-hybridized carbons (Fsp3) is 0.208. The van der Waals surface area contributed by atoms with Gasteiger partial charge in [0.05, 0.1) is 23.4 Å². The molecule has 0 saturated heterocycles. The summed E-state index contributed by atoms with van der Waals surface area (Å²) in [5.74, 6) is 0.702. The van der Waals surface area contributed by atoms with Gasteiger partial charge in [-0.05, 0) is 61.0 Å². The maximum absolute atomic E-state index is 13.5. The lowest BCUT2D eigenvalue weighted by Gasteiger charge is -2.20. The number of fused-ring (bicyclic) bond motifs is 1. The van der Waals surface area contributed by atoms with Crippen LogP contribution < -0.4 is 14.5 Å². The van der Waals surface area contributed by atoms with Crippen LogP contribution in [0.3, 0.4) is 0 Å². The van der Waals surface area contributed by atoms with Gasteiger partial charge in [-0.25, -0.2) is 4.98 Å². The lowest BCUT2D eigenvalue weighted by Crippen LogP contribution is -2.30. The molecule has 0 N–H and O–H groups in total. The molecule has 2 heterocycles. The summed E-state index contributed by atoms with van der Waals surface area (Å²) in [4.78, 5) is 26.2. The van der Waals surface area contributed by atoms with E-state index in [1.54, 1.807) is 17.3 Å². The largest absolute Gasteiger partial charge is 0.494 e. The van der Waals surface area contributed by atoms with Gasteiger partial charge >= 0.3 is 0 Å². The van der Waals surface area contributed by atoms with Gasteiger partial charge in [-0.1, -0.05) is 17.4 Å². The number of nitrogens with zero attached hydrogens (tertiary/aromatic N) is 4. The lowest BCUT2D eigenvalue weighted by molar-refractivity contribution is 0.0985. The Morgan fingerprint density at radius 2 is 1.90 bits per heavy atom. The predicted molar refractivity (Wildman–Crippen MR) is 126 cm³/mol. The van der Waals surface area contributed by atoms with Crippen molar-refractivity contribution < 1.29 is 9.53 Å². The molecule has 4 aromatic rings. The molecule has 0 aliphatic rings. The third kappa shape index (κ3) is 4.67. The first-order chi connectivity index (χ1) is 15.0. The van der Waals surface area contributed by atoms with E-state index in [1.165, 1.54) is 11.3 Å². The van der Waals surface area contributed by atoms with Crippen molar-refractivity contribution in [1.82, 2.24) is 9.97 Å². The first kappa shape index (κ1) is 20.8. The van der Waals surface area contributed by atoms with E-state index in [9.17, 15) is 4.79 Å². The number of ether oxygens (including phenoxy) is 1. The molecule has 7 heteroatoms. The summed E-state index contributed by atoms with van der Waals surface area (Å²) in [6, 6.07) is 17.2. The summed E-state index contributed by atoms with van der Waals surface area (Å²) < 4.78 is 6.59. The highest BCUT2D eigenvalue weighted by atomic mass is 32.1. The number of amides is 1. The van der Waals surface area contributed by atoms with Gasteiger partial charge in [0, 0.05) is 37.7 Å². The first-order valence-electron chi connectivity index (χ1n) is 10.1. The Morgan fingerprint density at radius 1 is 1.10 bits per heavy atom. The monoisotopic (exact) mass is 432 g/mol. The van der Waals surface area contributed by atoms with Crippen molar-refractivity contribution >= 4 is 38.3 Å². The number of thiazole rings is 1. The van der Waals surface area contributed by atoms with Gasteiger partial charge in [0.1, 0.15) is 5.75 Å². The number of anilines is 2. The highest BCUT2D eigenvalue weighted by Crippen LogP contribution is 2.33. The second-order valence-corrected chi connectivity index (χ2v) is 8.26. The number of aromatic nitrogens is 2. The Morgan fingerprint density at radius 3 is 2.58 bits per heavy atom. The Labute approximate surface area is 185 Å². The Balaban J connectivity index is 1.71. The Kier molecular flexibility index (Phi) is 6.13. The fourth-order valence-electron chi connectivity index (χ4n) is 3.22. The topological polar surface area (TPSA) is 58.6 Å². The summed E-state index contributed by atoms with van der Waals surface area (Å²) >= 11 is 1.48. The minimum Gasteiger partial charge on any atom is -0.494 e. The van der Waals surface area contributed by atoms with Crippen LogP contribution in [-0.2, 0) is 6.54 Å². The van der Waals surface area contributed by atoms with Crippen LogP contribution in [0, 0.1) is 0 Å². The first-order valence-corrected chi connectivity index (χ1v) is 10.9. The molecule has 0 aliphatic heterocycles. The summed E-state index contributed by atoms with van der Waals surface area (Å²) in [5.41, 5.74) is 3.44. The van der Waals surface area contributed by atoms with E-state index in [4.69, 9.17) is 9.72 Å². The molecule has 1 amide bonds. The number of hydrogen-bond acceptors (Lipinski definition) is 6. The van der Waals surface area contributed by atoms with Crippen molar-refractivity contribution in [2.24, 2.45) is 0 Å². The smallest absolute Gasteiger partial charge is 0.260 e. The van der Waals surface area contributed by atoms with Gasteiger partial charge in [0.25, 0.3) is 5.91 Å². The van der Waals surface area contributed by atoms with Crippen molar-refractivity contribution in [3.8, 4) is 5.75 Å². The molecule has 0 saturated carbocycles. The summed E-state index contributed by atoms with van der Waals surface area (Å²) in [7, 11) is 3.95. The molecule has 31 heavy (non-hydrogen) atoms. The molecule has 4 rings (SSSR count). The molecule has 0 fully saturated rings. The molecule has 0 spiro atoms. The second kappa shape index (κ2) is 9.14. The maximum atomic E-state index is 13.5. The fourth-order valence-corrected chi connectivity index (χ4v) is 4.21. The van der Waals surface area contributed by atoms with Crippen molar-refractivity contribution in [2.45, 2.75) is 13.5 Å². The molecule has 0 radical (unpaired) electrons. The van der Waals surface area contributed by atoms with Crippen LogP contribution in [0.5, 0.6) is 5.75 Å². The van der Waals surface area contributed by atoms with Crippen molar-refractivity contribution in [3.05, 3.63) is 78.1 Å². The van der Waals surface area contributed by atoms with E-state index in [0.717, 1.165) is 27.2 Å². The average Bonchev–Trinajstić information content (AvgIpc) is 3.21.